The normalized spacial score (nSPS) is 12.2. The average Bonchev–Trinajstić information content (AvgIpc) is 2.55. The minimum Gasteiger partial charge on any atom is -0.397 e. The molecule has 0 unspecified atom stereocenters. The van der Waals surface area contributed by atoms with Gasteiger partial charge in [0.25, 0.3) is 20.2 Å². The third-order valence-corrected chi connectivity index (χ3v) is 5.51. The molecule has 136 valence electrons. The van der Waals surface area contributed by atoms with Crippen molar-refractivity contribution in [2.75, 3.05) is 11.1 Å². The Bertz CT molecular complexity index is 1210. The molecule has 0 radical (unpaired) electrons. The molecule has 0 aliphatic rings. The first-order valence-electron chi connectivity index (χ1n) is 7.21. The molecular formula is C16H14N2O6S2. The summed E-state index contributed by atoms with van der Waals surface area (Å²) in [7, 11) is -9.38. The van der Waals surface area contributed by atoms with Gasteiger partial charge in [0.15, 0.2) is 0 Å². The Hall–Kier alpha value is -2.66. The molecule has 0 aliphatic heterocycles. The zero-order chi connectivity index (χ0) is 19.1. The van der Waals surface area contributed by atoms with Crippen molar-refractivity contribution in [3.63, 3.8) is 0 Å². The van der Waals surface area contributed by atoms with Gasteiger partial charge in [0.1, 0.15) is 9.79 Å². The topological polar surface area (TPSA) is 147 Å². The molecule has 0 amide bonds. The van der Waals surface area contributed by atoms with Crippen molar-refractivity contribution in [2.24, 2.45) is 0 Å². The van der Waals surface area contributed by atoms with Crippen LogP contribution >= 0.6 is 0 Å². The summed E-state index contributed by atoms with van der Waals surface area (Å²) in [6.45, 7) is 0. The molecule has 26 heavy (non-hydrogen) atoms. The van der Waals surface area contributed by atoms with E-state index >= 15 is 0 Å². The molecule has 0 saturated heterocycles. The van der Waals surface area contributed by atoms with Gasteiger partial charge in [0, 0.05) is 16.5 Å². The lowest BCUT2D eigenvalue weighted by Gasteiger charge is -2.17. The van der Waals surface area contributed by atoms with Gasteiger partial charge >= 0.3 is 0 Å². The van der Waals surface area contributed by atoms with E-state index in [0.29, 0.717) is 5.69 Å². The van der Waals surface area contributed by atoms with E-state index in [1.807, 2.05) is 0 Å². The van der Waals surface area contributed by atoms with Crippen LogP contribution < -0.4 is 11.1 Å². The molecule has 3 aromatic rings. The smallest absolute Gasteiger partial charge is 0.295 e. The standard InChI is InChI=1S/C16H14N2O6S2/c17-12-9-14(26(22,23)24)11-7-4-8-13(25(19,20)21)15(11)16(12)18-10-5-2-1-3-6-10/h1-9,18H,17H2,(H,19,20,21)(H,22,23,24). The Morgan fingerprint density at radius 2 is 1.42 bits per heavy atom. The van der Waals surface area contributed by atoms with Gasteiger partial charge in [-0.1, -0.05) is 30.3 Å². The summed E-state index contributed by atoms with van der Waals surface area (Å²) in [5, 5.41) is 2.68. The Balaban J connectivity index is 2.46. The van der Waals surface area contributed by atoms with Gasteiger partial charge in [-0.15, -0.1) is 0 Å². The first-order chi connectivity index (χ1) is 12.1. The number of para-hydroxylation sites is 1. The van der Waals surface area contributed by atoms with E-state index in [9.17, 15) is 25.9 Å². The van der Waals surface area contributed by atoms with Crippen LogP contribution in [0, 0.1) is 0 Å². The summed E-state index contributed by atoms with van der Waals surface area (Å²) in [6, 6.07) is 13.3. The molecule has 0 spiro atoms. The molecule has 0 fully saturated rings. The molecule has 0 aromatic heterocycles. The van der Waals surface area contributed by atoms with Crippen molar-refractivity contribution in [3.05, 3.63) is 54.6 Å². The number of benzene rings is 3. The monoisotopic (exact) mass is 394 g/mol. The Labute approximate surface area is 149 Å². The van der Waals surface area contributed by atoms with Crippen molar-refractivity contribution in [3.8, 4) is 0 Å². The first kappa shape index (κ1) is 18.1. The van der Waals surface area contributed by atoms with Gasteiger partial charge in [0.2, 0.25) is 0 Å². The van der Waals surface area contributed by atoms with Crippen molar-refractivity contribution in [1.29, 1.82) is 0 Å². The van der Waals surface area contributed by atoms with Gasteiger partial charge in [-0.25, -0.2) is 0 Å². The number of nitrogen functional groups attached to an aromatic ring is 1. The summed E-state index contributed by atoms with van der Waals surface area (Å²) < 4.78 is 66.0. The molecule has 0 bridgehead atoms. The number of hydrogen-bond donors (Lipinski definition) is 4. The van der Waals surface area contributed by atoms with E-state index in [0.717, 1.165) is 12.1 Å². The third-order valence-electron chi connectivity index (χ3n) is 3.72. The fraction of sp³-hybridized carbons (Fsp3) is 0. The van der Waals surface area contributed by atoms with Gasteiger partial charge in [0.05, 0.1) is 11.4 Å². The molecule has 8 nitrogen and oxygen atoms in total. The van der Waals surface area contributed by atoms with Crippen molar-refractivity contribution < 1.29 is 25.9 Å². The number of hydrogen-bond acceptors (Lipinski definition) is 6. The predicted molar refractivity (Wildman–Crippen MR) is 97.7 cm³/mol. The zero-order valence-electron chi connectivity index (χ0n) is 13.1. The number of nitrogens with two attached hydrogens (primary N) is 1. The first-order valence-corrected chi connectivity index (χ1v) is 10.1. The fourth-order valence-corrected chi connectivity index (χ4v) is 4.10. The highest BCUT2D eigenvalue weighted by Gasteiger charge is 2.24. The van der Waals surface area contributed by atoms with Crippen LogP contribution in [0.3, 0.4) is 0 Å². The second-order valence-corrected chi connectivity index (χ2v) is 8.24. The van der Waals surface area contributed by atoms with Gasteiger partial charge in [-0.05, 0) is 24.3 Å². The average molecular weight is 394 g/mol. The van der Waals surface area contributed by atoms with Gasteiger partial charge < -0.3 is 11.1 Å². The minimum absolute atomic E-state index is 0.0897. The van der Waals surface area contributed by atoms with Crippen LogP contribution in [0.5, 0.6) is 0 Å². The maximum atomic E-state index is 11.8. The van der Waals surface area contributed by atoms with Gasteiger partial charge in [-0.2, -0.15) is 16.8 Å². The lowest BCUT2D eigenvalue weighted by atomic mass is 10.1. The van der Waals surface area contributed by atoms with Crippen LogP contribution in [0.25, 0.3) is 10.8 Å². The van der Waals surface area contributed by atoms with Crippen LogP contribution in [0.2, 0.25) is 0 Å². The zero-order valence-corrected chi connectivity index (χ0v) is 14.8. The summed E-state index contributed by atoms with van der Waals surface area (Å²) in [4.78, 5) is -1.10. The number of nitrogens with one attached hydrogen (secondary N) is 1. The lowest BCUT2D eigenvalue weighted by Crippen LogP contribution is -2.07. The summed E-state index contributed by atoms with van der Waals surface area (Å²) in [5.41, 5.74) is 6.46. The van der Waals surface area contributed by atoms with E-state index in [-0.39, 0.29) is 22.1 Å². The quantitative estimate of drug-likeness (QED) is 0.390. The third kappa shape index (κ3) is 3.35. The molecule has 0 atom stereocenters. The maximum Gasteiger partial charge on any atom is 0.295 e. The minimum atomic E-state index is -4.70. The summed E-state index contributed by atoms with van der Waals surface area (Å²) >= 11 is 0. The SMILES string of the molecule is Nc1cc(S(=O)(=O)O)c2cccc(S(=O)(=O)O)c2c1Nc1ccccc1. The second-order valence-electron chi connectivity index (χ2n) is 5.46. The number of anilines is 3. The highest BCUT2D eigenvalue weighted by Crippen LogP contribution is 2.39. The highest BCUT2D eigenvalue weighted by molar-refractivity contribution is 7.86. The van der Waals surface area contributed by atoms with Crippen LogP contribution in [0.15, 0.2) is 64.4 Å². The maximum absolute atomic E-state index is 11.8. The molecule has 0 heterocycles. The van der Waals surface area contributed by atoms with Crippen LogP contribution in [0.1, 0.15) is 0 Å². The van der Waals surface area contributed by atoms with Crippen LogP contribution in [-0.4, -0.2) is 25.9 Å². The van der Waals surface area contributed by atoms with Crippen molar-refractivity contribution in [2.45, 2.75) is 9.79 Å². The van der Waals surface area contributed by atoms with Gasteiger partial charge in [-0.3, -0.25) is 9.11 Å². The Kier molecular flexibility index (Phi) is 4.36. The molecule has 10 heteroatoms. The molecule has 3 rings (SSSR count). The summed E-state index contributed by atoms with van der Waals surface area (Å²) in [6.07, 6.45) is 0. The molecule has 3 aromatic carbocycles. The fourth-order valence-electron chi connectivity index (χ4n) is 2.66. The summed E-state index contributed by atoms with van der Waals surface area (Å²) in [5.74, 6) is 0. The lowest BCUT2D eigenvalue weighted by molar-refractivity contribution is 0.481. The Morgan fingerprint density at radius 3 is 2.00 bits per heavy atom. The van der Waals surface area contributed by atoms with E-state index in [2.05, 4.69) is 5.32 Å². The van der Waals surface area contributed by atoms with E-state index < -0.39 is 30.0 Å². The Morgan fingerprint density at radius 1 is 0.808 bits per heavy atom. The molecule has 0 aliphatic carbocycles. The predicted octanol–water partition coefficient (Wildman–Crippen LogP) is 2.66. The largest absolute Gasteiger partial charge is 0.397 e. The van der Waals surface area contributed by atoms with Crippen molar-refractivity contribution >= 4 is 48.1 Å². The van der Waals surface area contributed by atoms with Crippen LogP contribution in [-0.2, 0) is 20.2 Å². The number of rotatable bonds is 4. The highest BCUT2D eigenvalue weighted by atomic mass is 32.2. The molecule has 5 N–H and O–H groups in total. The van der Waals surface area contributed by atoms with Crippen molar-refractivity contribution in [1.82, 2.24) is 0 Å². The van der Waals surface area contributed by atoms with E-state index in [4.69, 9.17) is 5.73 Å². The molecule has 0 saturated carbocycles. The van der Waals surface area contributed by atoms with Crippen LogP contribution in [0.4, 0.5) is 17.1 Å². The molecular weight excluding hydrogens is 380 g/mol. The second kappa shape index (κ2) is 6.25. The van der Waals surface area contributed by atoms with E-state index in [1.54, 1.807) is 30.3 Å². The van der Waals surface area contributed by atoms with E-state index in [1.165, 1.54) is 12.1 Å². The number of fused-ring (bicyclic) bond motifs is 1.